The van der Waals surface area contributed by atoms with Gasteiger partial charge in [0.15, 0.2) is 6.23 Å². The molecule has 3 aromatic carbocycles. The summed E-state index contributed by atoms with van der Waals surface area (Å²) < 4.78 is 11.3. The molecule has 1 heterocycles. The molecule has 0 spiro atoms. The monoisotopic (exact) mass is 598 g/mol. The molecule has 3 amide bonds. The molecule has 2 atom stereocenters. The average Bonchev–Trinajstić information content (AvgIpc) is 3.06. The Kier molecular flexibility index (Phi) is 11.1. The molecule has 0 bridgehead atoms. The Morgan fingerprint density at radius 2 is 1.36 bits per heavy atom. The number of nitrogens with zero attached hydrogens (tertiary/aromatic N) is 2. The normalized spacial score (nSPS) is 16.2. The second-order valence-electron chi connectivity index (χ2n) is 11.1. The number of β-lactam (4-membered cyclic amide) rings is 1. The molecule has 44 heavy (non-hydrogen) atoms. The molecule has 4 rings (SSSR count). The third-order valence-corrected chi connectivity index (χ3v) is 8.54. The number of carbonyl (C=O) groups is 4. The summed E-state index contributed by atoms with van der Waals surface area (Å²) in [5.41, 5.74) is 1.53. The van der Waals surface area contributed by atoms with Crippen LogP contribution in [0.25, 0.3) is 0 Å². The van der Waals surface area contributed by atoms with E-state index in [4.69, 9.17) is 9.47 Å². The van der Waals surface area contributed by atoms with Crippen LogP contribution in [0.4, 0.5) is 0 Å². The Hall–Kier alpha value is -4.30. The van der Waals surface area contributed by atoms with Gasteiger partial charge in [0.1, 0.15) is 19.3 Å². The lowest BCUT2D eigenvalue weighted by atomic mass is 9.71. The summed E-state index contributed by atoms with van der Waals surface area (Å²) in [6.45, 7) is 7.34. The second kappa shape index (κ2) is 14.9. The summed E-state index contributed by atoms with van der Waals surface area (Å²) in [6, 6.07) is 27.3. The van der Waals surface area contributed by atoms with Gasteiger partial charge in [-0.2, -0.15) is 0 Å². The Labute approximate surface area is 260 Å². The van der Waals surface area contributed by atoms with Crippen LogP contribution < -0.4 is 0 Å². The van der Waals surface area contributed by atoms with E-state index in [1.165, 1.54) is 0 Å². The lowest BCUT2D eigenvalue weighted by molar-refractivity contribution is -0.227. The van der Waals surface area contributed by atoms with Crippen molar-refractivity contribution in [3.8, 4) is 0 Å². The van der Waals surface area contributed by atoms with E-state index >= 15 is 0 Å². The van der Waals surface area contributed by atoms with Crippen LogP contribution in [-0.2, 0) is 35.3 Å². The number of ether oxygens (including phenoxy) is 2. The first-order valence-electron chi connectivity index (χ1n) is 15.4. The molecule has 8 nitrogen and oxygen atoms in total. The van der Waals surface area contributed by atoms with E-state index in [2.05, 4.69) is 0 Å². The van der Waals surface area contributed by atoms with E-state index in [-0.39, 0.29) is 18.4 Å². The van der Waals surface area contributed by atoms with Gasteiger partial charge in [0.05, 0.1) is 11.3 Å². The number of benzene rings is 3. The van der Waals surface area contributed by atoms with Gasteiger partial charge in [0.2, 0.25) is 11.8 Å². The van der Waals surface area contributed by atoms with Crippen LogP contribution in [0.15, 0.2) is 91.0 Å². The van der Waals surface area contributed by atoms with E-state index in [1.807, 2.05) is 112 Å². The highest BCUT2D eigenvalue weighted by atomic mass is 16.6. The lowest BCUT2D eigenvalue weighted by Crippen LogP contribution is -2.73. The Bertz CT molecular complexity index is 1370. The van der Waals surface area contributed by atoms with E-state index < -0.39 is 42.1 Å². The third-order valence-electron chi connectivity index (χ3n) is 8.54. The Balaban J connectivity index is 1.55. The fraction of sp³-hybridized carbons (Fsp3) is 0.389. The van der Waals surface area contributed by atoms with Crippen molar-refractivity contribution in [1.29, 1.82) is 0 Å². The molecule has 1 aliphatic heterocycles. The van der Waals surface area contributed by atoms with Crippen molar-refractivity contribution in [3.63, 3.8) is 0 Å². The zero-order valence-electron chi connectivity index (χ0n) is 26.0. The number of carbonyl (C=O) groups excluding carboxylic acids is 4. The van der Waals surface area contributed by atoms with Crippen molar-refractivity contribution < 1.29 is 28.7 Å². The highest BCUT2D eigenvalue weighted by molar-refractivity contribution is 6.06. The second-order valence-corrected chi connectivity index (χ2v) is 11.1. The molecule has 0 N–H and O–H groups in total. The number of esters is 1. The van der Waals surface area contributed by atoms with Crippen LogP contribution in [0, 0.1) is 5.41 Å². The van der Waals surface area contributed by atoms with Crippen LogP contribution in [0.3, 0.4) is 0 Å². The number of amides is 3. The molecule has 0 aromatic heterocycles. The molecule has 1 saturated heterocycles. The van der Waals surface area contributed by atoms with Crippen molar-refractivity contribution in [2.45, 2.75) is 71.8 Å². The molecule has 0 saturated carbocycles. The van der Waals surface area contributed by atoms with Gasteiger partial charge in [-0.3, -0.25) is 19.3 Å². The smallest absolute Gasteiger partial charge is 0.332 e. The first kappa shape index (κ1) is 32.6. The predicted octanol–water partition coefficient (Wildman–Crippen LogP) is 5.71. The summed E-state index contributed by atoms with van der Waals surface area (Å²) >= 11 is 0. The van der Waals surface area contributed by atoms with Gasteiger partial charge in [0, 0.05) is 6.54 Å². The van der Waals surface area contributed by atoms with Crippen molar-refractivity contribution >= 4 is 23.7 Å². The predicted molar refractivity (Wildman–Crippen MR) is 167 cm³/mol. The van der Waals surface area contributed by atoms with Crippen molar-refractivity contribution in [2.24, 2.45) is 5.41 Å². The maximum absolute atomic E-state index is 14.3. The summed E-state index contributed by atoms with van der Waals surface area (Å²) in [6.07, 6.45) is 0.550. The molecule has 1 fully saturated rings. The van der Waals surface area contributed by atoms with Crippen LogP contribution in [0.5, 0.6) is 0 Å². The molecule has 8 heteroatoms. The quantitative estimate of drug-likeness (QED) is 0.174. The molecule has 1 aliphatic rings. The van der Waals surface area contributed by atoms with Crippen LogP contribution in [-0.4, -0.2) is 58.9 Å². The fourth-order valence-corrected chi connectivity index (χ4v) is 5.92. The molecule has 1 unspecified atom stereocenters. The van der Waals surface area contributed by atoms with Crippen LogP contribution >= 0.6 is 0 Å². The molecule has 232 valence electrons. The molecule has 0 aliphatic carbocycles. The SMILES string of the molecule is CCCN(C(=O)C(c1ccccc1)c1ccccc1)C(C)C(=O)N1C(=O)C(CC)(CC)[C@@H]1OCC(=O)OCc1ccccc1. The topological polar surface area (TPSA) is 93.2 Å². The number of likely N-dealkylation sites (tertiary alicyclic amines) is 1. The van der Waals surface area contributed by atoms with Crippen LogP contribution in [0.2, 0.25) is 0 Å². The van der Waals surface area contributed by atoms with E-state index in [9.17, 15) is 19.2 Å². The minimum absolute atomic E-state index is 0.0943. The van der Waals surface area contributed by atoms with Gasteiger partial charge < -0.3 is 14.4 Å². The largest absolute Gasteiger partial charge is 0.459 e. The highest BCUT2D eigenvalue weighted by Gasteiger charge is 2.62. The maximum Gasteiger partial charge on any atom is 0.332 e. The van der Waals surface area contributed by atoms with Gasteiger partial charge in [-0.25, -0.2) is 4.79 Å². The van der Waals surface area contributed by atoms with Gasteiger partial charge in [-0.05, 0) is 42.9 Å². The van der Waals surface area contributed by atoms with Gasteiger partial charge >= 0.3 is 5.97 Å². The molecule has 0 radical (unpaired) electrons. The van der Waals surface area contributed by atoms with Gasteiger partial charge in [-0.1, -0.05) is 112 Å². The van der Waals surface area contributed by atoms with Crippen LogP contribution in [0.1, 0.15) is 69.6 Å². The van der Waals surface area contributed by atoms with Crippen molar-refractivity contribution in [1.82, 2.24) is 9.80 Å². The summed E-state index contributed by atoms with van der Waals surface area (Å²) in [4.78, 5) is 57.2. The maximum atomic E-state index is 14.3. The number of rotatable bonds is 14. The number of imide groups is 1. The number of hydrogen-bond donors (Lipinski definition) is 0. The summed E-state index contributed by atoms with van der Waals surface area (Å²) in [7, 11) is 0. The fourth-order valence-electron chi connectivity index (χ4n) is 5.92. The van der Waals surface area contributed by atoms with E-state index in [0.717, 1.165) is 21.6 Å². The first-order chi connectivity index (χ1) is 21.3. The minimum Gasteiger partial charge on any atom is -0.459 e. The molecular weight excluding hydrogens is 556 g/mol. The van der Waals surface area contributed by atoms with Gasteiger partial charge in [0.25, 0.3) is 5.91 Å². The van der Waals surface area contributed by atoms with E-state index in [1.54, 1.807) is 11.8 Å². The summed E-state index contributed by atoms with van der Waals surface area (Å²) in [5, 5.41) is 0. The zero-order valence-corrected chi connectivity index (χ0v) is 26.0. The lowest BCUT2D eigenvalue weighted by Gasteiger charge is -2.54. The number of hydrogen-bond acceptors (Lipinski definition) is 6. The zero-order chi connectivity index (χ0) is 31.7. The Morgan fingerprint density at radius 1 is 0.841 bits per heavy atom. The third kappa shape index (κ3) is 6.76. The van der Waals surface area contributed by atoms with Gasteiger partial charge in [-0.15, -0.1) is 0 Å². The van der Waals surface area contributed by atoms with Crippen molar-refractivity contribution in [2.75, 3.05) is 13.2 Å². The van der Waals surface area contributed by atoms with Crippen molar-refractivity contribution in [3.05, 3.63) is 108 Å². The highest BCUT2D eigenvalue weighted by Crippen LogP contribution is 2.46. The summed E-state index contributed by atoms with van der Waals surface area (Å²) in [5.74, 6) is -2.32. The average molecular weight is 599 g/mol. The Morgan fingerprint density at radius 3 is 1.86 bits per heavy atom. The molecular formula is C36H42N2O6. The van der Waals surface area contributed by atoms with E-state index in [0.29, 0.717) is 25.8 Å². The molecule has 3 aromatic rings. The minimum atomic E-state index is -0.943. The standard InChI is InChI=1S/C36H42N2O6/c1-5-23-37(33(41)31(28-19-13-9-14-20-28)29-21-15-10-16-22-29)26(4)32(40)38-34(42)36(6-2,7-3)35(38)44-25-30(39)43-24-27-17-11-8-12-18-27/h8-22,26,31,35H,5-7,23-25H2,1-4H3/t26?,35-/m0/s1. The first-order valence-corrected chi connectivity index (χ1v) is 15.4.